The lowest BCUT2D eigenvalue weighted by Gasteiger charge is -2.20. The Bertz CT molecular complexity index is 1050. The highest BCUT2D eigenvalue weighted by atomic mass is 31.2. The summed E-state index contributed by atoms with van der Waals surface area (Å²) in [6.07, 6.45) is 39.0. The highest BCUT2D eigenvalue weighted by Gasteiger charge is 2.27. The van der Waals surface area contributed by atoms with Crippen molar-refractivity contribution < 1.29 is 47.8 Å². The first-order chi connectivity index (χ1) is 25.2. The number of ether oxygens (including phenoxy) is 2. The molecule has 0 saturated carbocycles. The molecule has 0 aliphatic rings. The largest absolute Gasteiger partial charge is 0.472 e. The van der Waals surface area contributed by atoms with E-state index in [0.717, 1.165) is 77.0 Å². The molecule has 3 atom stereocenters. The van der Waals surface area contributed by atoms with Crippen LogP contribution in [0.25, 0.3) is 0 Å². The smallest absolute Gasteiger partial charge is 0.462 e. The van der Waals surface area contributed by atoms with Crippen molar-refractivity contribution in [3.63, 3.8) is 0 Å². The maximum absolute atomic E-state index is 12.6. The molecule has 0 aromatic rings. The summed E-state index contributed by atoms with van der Waals surface area (Å²) in [7, 11) is -4.62. The first-order valence-electron chi connectivity index (χ1n) is 19.8. The number of phosphoric ester groups is 1. The Labute approximate surface area is 315 Å². The predicted molar refractivity (Wildman–Crippen MR) is 210 cm³/mol. The van der Waals surface area contributed by atoms with Crippen LogP contribution in [0.5, 0.6) is 0 Å². The van der Waals surface area contributed by atoms with Crippen molar-refractivity contribution in [2.45, 2.75) is 161 Å². The number of allylic oxidation sites excluding steroid dienone is 10. The van der Waals surface area contributed by atoms with Gasteiger partial charge in [0.2, 0.25) is 0 Å². The quantitative estimate of drug-likeness (QED) is 0.0186. The molecule has 3 N–H and O–H groups in total. The Morgan fingerprint density at radius 2 is 1.08 bits per heavy atom. The van der Waals surface area contributed by atoms with E-state index < -0.39 is 51.8 Å². The number of hydrogen-bond acceptors (Lipinski definition) is 9. The molecule has 0 aliphatic carbocycles. The van der Waals surface area contributed by atoms with Gasteiger partial charge in [-0.3, -0.25) is 18.6 Å². The SMILES string of the molecule is CC/C=C/C=C/C=C/C=C/CCCCCCCC(=O)O[C@H](COC(=O)CCCCCCC/C=C/CCCCCCC)COP(=O)(O)OC[C@@H](O)CO. The fraction of sp³-hybridized carbons (Fsp3) is 0.707. The van der Waals surface area contributed by atoms with Crippen molar-refractivity contribution in [1.29, 1.82) is 0 Å². The van der Waals surface area contributed by atoms with Gasteiger partial charge in [-0.05, 0) is 57.8 Å². The van der Waals surface area contributed by atoms with Crippen molar-refractivity contribution >= 4 is 19.8 Å². The molecule has 10 nitrogen and oxygen atoms in total. The highest BCUT2D eigenvalue weighted by molar-refractivity contribution is 7.47. The van der Waals surface area contributed by atoms with Gasteiger partial charge in [-0.15, -0.1) is 0 Å². The summed E-state index contributed by atoms with van der Waals surface area (Å²) in [4.78, 5) is 34.9. The monoisotopic (exact) mass is 754 g/mol. The fourth-order valence-corrected chi connectivity index (χ4v) is 5.73. The van der Waals surface area contributed by atoms with Crippen LogP contribution in [0.15, 0.2) is 60.8 Å². The minimum atomic E-state index is -4.62. The average Bonchev–Trinajstić information content (AvgIpc) is 3.13. The summed E-state index contributed by atoms with van der Waals surface area (Å²) in [5.41, 5.74) is 0. The zero-order chi connectivity index (χ0) is 38.4. The molecular formula is C41H71O10P. The number of aliphatic hydroxyl groups is 2. The Kier molecular flexibility index (Phi) is 35.3. The lowest BCUT2D eigenvalue weighted by molar-refractivity contribution is -0.161. The van der Waals surface area contributed by atoms with Crippen molar-refractivity contribution in [2.24, 2.45) is 0 Å². The summed E-state index contributed by atoms with van der Waals surface area (Å²) >= 11 is 0. The van der Waals surface area contributed by atoms with Crippen molar-refractivity contribution in [2.75, 3.05) is 26.4 Å². The van der Waals surface area contributed by atoms with Crippen LogP contribution >= 0.6 is 7.82 Å². The van der Waals surface area contributed by atoms with Crippen molar-refractivity contribution in [1.82, 2.24) is 0 Å². The number of esters is 2. The van der Waals surface area contributed by atoms with Crippen molar-refractivity contribution in [3.05, 3.63) is 60.8 Å². The molecule has 0 heterocycles. The third-order valence-electron chi connectivity index (χ3n) is 8.00. The van der Waals surface area contributed by atoms with E-state index in [0.29, 0.717) is 12.8 Å². The molecule has 0 rings (SSSR count). The lowest BCUT2D eigenvalue weighted by atomic mass is 10.1. The maximum Gasteiger partial charge on any atom is 0.472 e. The molecule has 0 bridgehead atoms. The Balaban J connectivity index is 4.42. The van der Waals surface area contributed by atoms with Crippen LogP contribution < -0.4 is 0 Å². The van der Waals surface area contributed by atoms with E-state index in [2.05, 4.69) is 42.7 Å². The topological polar surface area (TPSA) is 149 Å². The van der Waals surface area contributed by atoms with Crippen LogP contribution in [-0.4, -0.2) is 65.7 Å². The molecular weight excluding hydrogens is 683 g/mol. The summed E-state index contributed by atoms with van der Waals surface area (Å²) in [5, 5.41) is 18.3. The van der Waals surface area contributed by atoms with Gasteiger partial charge >= 0.3 is 19.8 Å². The van der Waals surface area contributed by atoms with E-state index in [-0.39, 0.29) is 19.4 Å². The van der Waals surface area contributed by atoms with Gasteiger partial charge in [-0.1, -0.05) is 139 Å². The number of aliphatic hydroxyl groups excluding tert-OH is 2. The zero-order valence-electron chi connectivity index (χ0n) is 32.3. The molecule has 0 saturated heterocycles. The van der Waals surface area contributed by atoms with Gasteiger partial charge in [-0.25, -0.2) is 4.57 Å². The molecule has 0 aliphatic heterocycles. The van der Waals surface area contributed by atoms with Crippen LogP contribution in [0, 0.1) is 0 Å². The predicted octanol–water partition coefficient (Wildman–Crippen LogP) is 9.94. The minimum absolute atomic E-state index is 0.154. The van der Waals surface area contributed by atoms with E-state index in [9.17, 15) is 24.2 Å². The summed E-state index contributed by atoms with van der Waals surface area (Å²) < 4.78 is 32.6. The van der Waals surface area contributed by atoms with Gasteiger partial charge in [-0.2, -0.15) is 0 Å². The molecule has 0 aromatic heterocycles. The van der Waals surface area contributed by atoms with E-state index >= 15 is 0 Å². The molecule has 0 aromatic carbocycles. The normalized spacial score (nSPS) is 14.6. The second-order valence-electron chi connectivity index (χ2n) is 13.0. The summed E-state index contributed by atoms with van der Waals surface area (Å²) in [6, 6.07) is 0. The minimum Gasteiger partial charge on any atom is -0.462 e. The van der Waals surface area contributed by atoms with E-state index in [1.807, 2.05) is 36.5 Å². The van der Waals surface area contributed by atoms with Gasteiger partial charge < -0.3 is 24.6 Å². The van der Waals surface area contributed by atoms with E-state index in [1.165, 1.54) is 32.1 Å². The van der Waals surface area contributed by atoms with Gasteiger partial charge in [0.1, 0.15) is 12.7 Å². The van der Waals surface area contributed by atoms with Gasteiger partial charge in [0, 0.05) is 12.8 Å². The second-order valence-corrected chi connectivity index (χ2v) is 14.5. The number of unbranched alkanes of at least 4 members (excludes halogenated alkanes) is 15. The highest BCUT2D eigenvalue weighted by Crippen LogP contribution is 2.43. The van der Waals surface area contributed by atoms with Crippen LogP contribution in [0.4, 0.5) is 0 Å². The van der Waals surface area contributed by atoms with E-state index in [1.54, 1.807) is 0 Å². The maximum atomic E-state index is 12.6. The number of carbonyl (C=O) groups is 2. The molecule has 52 heavy (non-hydrogen) atoms. The number of phosphoric acid groups is 1. The summed E-state index contributed by atoms with van der Waals surface area (Å²) in [5.74, 6) is -0.968. The molecule has 11 heteroatoms. The van der Waals surface area contributed by atoms with Gasteiger partial charge in [0.25, 0.3) is 0 Å². The van der Waals surface area contributed by atoms with Crippen LogP contribution in [-0.2, 0) is 32.7 Å². The Morgan fingerprint density at radius 3 is 1.65 bits per heavy atom. The molecule has 0 radical (unpaired) electrons. The van der Waals surface area contributed by atoms with Gasteiger partial charge in [0.15, 0.2) is 6.10 Å². The Morgan fingerprint density at radius 1 is 0.596 bits per heavy atom. The van der Waals surface area contributed by atoms with E-state index in [4.69, 9.17) is 19.1 Å². The molecule has 300 valence electrons. The molecule has 0 fully saturated rings. The average molecular weight is 755 g/mol. The van der Waals surface area contributed by atoms with Crippen molar-refractivity contribution in [3.8, 4) is 0 Å². The molecule has 1 unspecified atom stereocenters. The molecule has 0 spiro atoms. The standard InChI is InChI=1S/C41H71O10P/c1-3-5-7-9-11-13-15-17-19-21-23-25-27-29-31-33-41(45)51-39(37-50-52(46,47)49-35-38(43)34-42)36-48-40(44)32-30-28-26-24-22-20-18-16-14-12-10-8-6-4-2/h5,7,9,11,13,15-19,38-39,42-43H,3-4,6,8,10,12,14,20-37H2,1-2H3,(H,46,47)/b7-5+,11-9+,15-13+,18-16+,19-17+/t38-,39+/m0/s1. The van der Waals surface area contributed by atoms with Crippen LogP contribution in [0.2, 0.25) is 0 Å². The third kappa shape index (κ3) is 36.0. The molecule has 0 amide bonds. The van der Waals surface area contributed by atoms with Gasteiger partial charge in [0.05, 0.1) is 19.8 Å². The van der Waals surface area contributed by atoms with Crippen LogP contribution in [0.1, 0.15) is 149 Å². The number of hydrogen-bond donors (Lipinski definition) is 3. The second kappa shape index (κ2) is 37.0. The number of carbonyl (C=O) groups excluding carboxylic acids is 2. The van der Waals surface area contributed by atoms with Crippen LogP contribution in [0.3, 0.4) is 0 Å². The lowest BCUT2D eigenvalue weighted by Crippen LogP contribution is -2.29. The zero-order valence-corrected chi connectivity index (χ0v) is 33.1. The third-order valence-corrected chi connectivity index (χ3v) is 8.95. The number of rotatable bonds is 36. The first-order valence-corrected chi connectivity index (χ1v) is 21.3. The first kappa shape index (κ1) is 49.7. The Hall–Kier alpha value is -2.33. The fourth-order valence-electron chi connectivity index (χ4n) is 4.94. The summed E-state index contributed by atoms with van der Waals surface area (Å²) in [6.45, 7) is 2.17.